The van der Waals surface area contributed by atoms with E-state index in [-0.39, 0.29) is 6.61 Å². The molecule has 0 unspecified atom stereocenters. The van der Waals surface area contributed by atoms with E-state index in [9.17, 15) is 9.59 Å². The van der Waals surface area contributed by atoms with Crippen LogP contribution in [-0.2, 0) is 9.53 Å². The molecule has 0 radical (unpaired) electrons. The lowest BCUT2D eigenvalue weighted by atomic mass is 10.0. The van der Waals surface area contributed by atoms with Crippen LogP contribution < -0.4 is 20.3 Å². The van der Waals surface area contributed by atoms with Gasteiger partial charge in [0.25, 0.3) is 11.8 Å². The molecule has 0 aromatic heterocycles. The summed E-state index contributed by atoms with van der Waals surface area (Å²) in [5.41, 5.74) is 6.23. The third-order valence-electron chi connectivity index (χ3n) is 3.97. The molecular formula is C21H25BrN2O5. The number of halogens is 1. The van der Waals surface area contributed by atoms with Gasteiger partial charge in [-0.3, -0.25) is 20.4 Å². The molecule has 0 atom stereocenters. The minimum absolute atomic E-state index is 0.230. The summed E-state index contributed by atoms with van der Waals surface area (Å²) in [7, 11) is 1.59. The Labute approximate surface area is 178 Å². The summed E-state index contributed by atoms with van der Waals surface area (Å²) in [5.74, 6) is 0.664. The van der Waals surface area contributed by atoms with Crippen LogP contribution in [0.4, 0.5) is 0 Å². The average Bonchev–Trinajstić information content (AvgIpc) is 2.71. The summed E-state index contributed by atoms with van der Waals surface area (Å²) < 4.78 is 16.6. The van der Waals surface area contributed by atoms with E-state index in [1.807, 2.05) is 18.2 Å². The van der Waals surface area contributed by atoms with Crippen molar-refractivity contribution in [1.29, 1.82) is 0 Å². The molecule has 0 fully saturated rings. The first-order chi connectivity index (χ1) is 13.9. The summed E-state index contributed by atoms with van der Waals surface area (Å²) >= 11 is 3.44. The summed E-state index contributed by atoms with van der Waals surface area (Å²) in [4.78, 5) is 24.1. The number of benzene rings is 2. The summed E-state index contributed by atoms with van der Waals surface area (Å²) in [6.07, 6.45) is 0. The fraction of sp³-hybridized carbons (Fsp3) is 0.333. The van der Waals surface area contributed by atoms with Crippen LogP contribution in [-0.4, -0.2) is 38.7 Å². The summed E-state index contributed by atoms with van der Waals surface area (Å²) in [6.45, 7) is 4.87. The molecular weight excluding hydrogens is 440 g/mol. The maximum absolute atomic E-state index is 12.1. The average molecular weight is 465 g/mol. The van der Waals surface area contributed by atoms with Gasteiger partial charge in [-0.1, -0.05) is 19.9 Å². The fourth-order valence-electron chi connectivity index (χ4n) is 2.32. The molecule has 0 aliphatic rings. The highest BCUT2D eigenvalue weighted by Gasteiger charge is 2.10. The Morgan fingerprint density at radius 3 is 2.34 bits per heavy atom. The number of rotatable bonds is 9. The Kier molecular flexibility index (Phi) is 8.95. The van der Waals surface area contributed by atoms with Gasteiger partial charge in [0.2, 0.25) is 0 Å². The number of hydrogen-bond acceptors (Lipinski definition) is 5. The Bertz CT molecular complexity index is 824. The topological polar surface area (TPSA) is 85.9 Å². The summed E-state index contributed by atoms with van der Waals surface area (Å²) in [6, 6.07) is 12.3. The molecule has 0 aliphatic carbocycles. The van der Waals surface area contributed by atoms with Crippen molar-refractivity contribution in [3.8, 4) is 11.5 Å². The van der Waals surface area contributed by atoms with E-state index < -0.39 is 11.8 Å². The van der Waals surface area contributed by atoms with Gasteiger partial charge in [0, 0.05) is 12.7 Å². The minimum atomic E-state index is -0.474. The lowest BCUT2D eigenvalue weighted by Gasteiger charge is -2.12. The predicted octanol–water partition coefficient (Wildman–Crippen LogP) is 3.44. The van der Waals surface area contributed by atoms with Crippen molar-refractivity contribution in [2.75, 3.05) is 26.9 Å². The van der Waals surface area contributed by atoms with Gasteiger partial charge < -0.3 is 14.2 Å². The van der Waals surface area contributed by atoms with Crippen molar-refractivity contribution in [3.63, 3.8) is 0 Å². The highest BCUT2D eigenvalue weighted by molar-refractivity contribution is 9.10. The van der Waals surface area contributed by atoms with E-state index in [1.165, 1.54) is 0 Å². The van der Waals surface area contributed by atoms with E-state index in [0.29, 0.717) is 36.2 Å². The minimum Gasteiger partial charge on any atom is -0.491 e. The van der Waals surface area contributed by atoms with E-state index in [1.54, 1.807) is 31.4 Å². The van der Waals surface area contributed by atoms with E-state index in [4.69, 9.17) is 14.2 Å². The first kappa shape index (κ1) is 22.7. The van der Waals surface area contributed by atoms with Gasteiger partial charge in [0.1, 0.15) is 18.1 Å². The van der Waals surface area contributed by atoms with Gasteiger partial charge in [0.05, 0.1) is 11.1 Å². The van der Waals surface area contributed by atoms with Crippen LogP contribution in [0.3, 0.4) is 0 Å². The van der Waals surface area contributed by atoms with Gasteiger partial charge in [-0.2, -0.15) is 0 Å². The monoisotopic (exact) mass is 464 g/mol. The van der Waals surface area contributed by atoms with Gasteiger partial charge >= 0.3 is 0 Å². The zero-order valence-electron chi connectivity index (χ0n) is 16.7. The molecule has 0 spiro atoms. The zero-order valence-corrected chi connectivity index (χ0v) is 18.2. The second-order valence-corrected chi connectivity index (χ2v) is 7.36. The van der Waals surface area contributed by atoms with Gasteiger partial charge in [0.15, 0.2) is 6.61 Å². The number of carbonyl (C=O) groups is 2. The Morgan fingerprint density at radius 2 is 1.72 bits per heavy atom. The molecule has 8 heteroatoms. The lowest BCUT2D eigenvalue weighted by Crippen LogP contribution is -2.43. The second kappa shape index (κ2) is 11.4. The van der Waals surface area contributed by atoms with Crippen molar-refractivity contribution in [3.05, 3.63) is 58.1 Å². The standard InChI is InChI=1S/C21H25BrN2O5/c1-14(2)16-6-9-19(18(22)12-16)29-13-20(25)23-24-21(26)15-4-7-17(8-5-15)28-11-10-27-3/h4-9,12,14H,10-11,13H2,1-3H3,(H,23,25)(H,24,26). The number of hydrazine groups is 1. The first-order valence-corrected chi connectivity index (χ1v) is 9.93. The van der Waals surface area contributed by atoms with Crippen LogP contribution in [0.25, 0.3) is 0 Å². The number of methoxy groups -OCH3 is 1. The first-order valence-electron chi connectivity index (χ1n) is 9.14. The summed E-state index contributed by atoms with van der Waals surface area (Å²) in [5, 5.41) is 0. The number of nitrogens with one attached hydrogen (secondary N) is 2. The molecule has 2 rings (SSSR count). The van der Waals surface area contributed by atoms with Gasteiger partial charge in [-0.05, 0) is 63.8 Å². The van der Waals surface area contributed by atoms with Crippen molar-refractivity contribution in [1.82, 2.24) is 10.9 Å². The fourth-order valence-corrected chi connectivity index (χ4v) is 2.83. The number of hydrogen-bond donors (Lipinski definition) is 2. The second-order valence-electron chi connectivity index (χ2n) is 6.50. The molecule has 2 aromatic carbocycles. The van der Waals surface area contributed by atoms with Crippen LogP contribution in [0, 0.1) is 0 Å². The molecule has 29 heavy (non-hydrogen) atoms. The molecule has 2 amide bonds. The third kappa shape index (κ3) is 7.40. The zero-order chi connectivity index (χ0) is 21.2. The van der Waals surface area contributed by atoms with Crippen molar-refractivity contribution in [2.24, 2.45) is 0 Å². The molecule has 156 valence electrons. The molecule has 2 N–H and O–H groups in total. The number of amides is 2. The maximum Gasteiger partial charge on any atom is 0.276 e. The van der Waals surface area contributed by atoms with Crippen LogP contribution in [0.15, 0.2) is 46.9 Å². The normalized spacial score (nSPS) is 10.5. The molecule has 0 aliphatic heterocycles. The molecule has 7 nitrogen and oxygen atoms in total. The van der Waals surface area contributed by atoms with Crippen LogP contribution >= 0.6 is 15.9 Å². The highest BCUT2D eigenvalue weighted by atomic mass is 79.9. The predicted molar refractivity (Wildman–Crippen MR) is 113 cm³/mol. The lowest BCUT2D eigenvalue weighted by molar-refractivity contribution is -0.123. The molecule has 0 saturated heterocycles. The molecule has 2 aromatic rings. The molecule has 0 bridgehead atoms. The Morgan fingerprint density at radius 1 is 1.00 bits per heavy atom. The molecule has 0 heterocycles. The van der Waals surface area contributed by atoms with E-state index >= 15 is 0 Å². The van der Waals surface area contributed by atoms with E-state index in [0.717, 1.165) is 10.0 Å². The van der Waals surface area contributed by atoms with Crippen molar-refractivity contribution < 1.29 is 23.8 Å². The van der Waals surface area contributed by atoms with Crippen LogP contribution in [0.2, 0.25) is 0 Å². The highest BCUT2D eigenvalue weighted by Crippen LogP contribution is 2.28. The Balaban J connectivity index is 1.78. The third-order valence-corrected chi connectivity index (χ3v) is 4.59. The Hall–Kier alpha value is -2.58. The van der Waals surface area contributed by atoms with Gasteiger partial charge in [-0.25, -0.2) is 0 Å². The number of ether oxygens (including phenoxy) is 3. The van der Waals surface area contributed by atoms with E-state index in [2.05, 4.69) is 40.6 Å². The van der Waals surface area contributed by atoms with Crippen molar-refractivity contribution >= 4 is 27.7 Å². The van der Waals surface area contributed by atoms with Gasteiger partial charge in [-0.15, -0.1) is 0 Å². The number of carbonyl (C=O) groups excluding carboxylic acids is 2. The largest absolute Gasteiger partial charge is 0.491 e. The van der Waals surface area contributed by atoms with Crippen LogP contribution in [0.1, 0.15) is 35.7 Å². The van der Waals surface area contributed by atoms with Crippen molar-refractivity contribution in [2.45, 2.75) is 19.8 Å². The van der Waals surface area contributed by atoms with Crippen LogP contribution in [0.5, 0.6) is 11.5 Å². The smallest absolute Gasteiger partial charge is 0.276 e. The SMILES string of the molecule is COCCOc1ccc(C(=O)NNC(=O)COc2ccc(C(C)C)cc2Br)cc1. The molecule has 0 saturated carbocycles. The maximum atomic E-state index is 12.1. The quantitative estimate of drug-likeness (QED) is 0.438.